The van der Waals surface area contributed by atoms with Gasteiger partial charge in [-0.3, -0.25) is 0 Å². The minimum atomic E-state index is -0.303. The van der Waals surface area contributed by atoms with Crippen molar-refractivity contribution in [3.8, 4) is 0 Å². The molecule has 0 aliphatic heterocycles. The molecule has 1 N–H and O–H groups in total. The summed E-state index contributed by atoms with van der Waals surface area (Å²) in [5.74, 6) is -0.303. The van der Waals surface area contributed by atoms with Crippen molar-refractivity contribution in [3.05, 3.63) is 55.4 Å². The quantitative estimate of drug-likeness (QED) is 0.771. The van der Waals surface area contributed by atoms with Crippen molar-refractivity contribution in [1.29, 1.82) is 0 Å². The fraction of sp³-hybridized carbons (Fsp3) is 0.286. The molecule has 2 aromatic rings. The number of hydrogen-bond donors (Lipinski definition) is 1. The van der Waals surface area contributed by atoms with Crippen molar-refractivity contribution < 1.29 is 4.39 Å². The van der Waals surface area contributed by atoms with Gasteiger partial charge in [-0.05, 0) is 52.3 Å². The first-order chi connectivity index (χ1) is 9.10. The Labute approximate surface area is 129 Å². The Morgan fingerprint density at radius 3 is 2.74 bits per heavy atom. The molecule has 0 amide bonds. The van der Waals surface area contributed by atoms with Gasteiger partial charge >= 0.3 is 0 Å². The lowest BCUT2D eigenvalue weighted by atomic mass is 10.0. The van der Waals surface area contributed by atoms with E-state index >= 15 is 0 Å². The van der Waals surface area contributed by atoms with Gasteiger partial charge in [-0.1, -0.05) is 24.6 Å². The molecule has 0 bridgehead atoms. The van der Waals surface area contributed by atoms with Crippen LogP contribution in [-0.4, -0.2) is 6.54 Å². The second kappa shape index (κ2) is 6.84. The van der Waals surface area contributed by atoms with E-state index < -0.39 is 0 Å². The molecule has 0 aliphatic carbocycles. The molecule has 102 valence electrons. The van der Waals surface area contributed by atoms with Crippen molar-refractivity contribution in [2.24, 2.45) is 0 Å². The van der Waals surface area contributed by atoms with Crippen molar-refractivity contribution in [1.82, 2.24) is 5.32 Å². The summed E-state index contributed by atoms with van der Waals surface area (Å²) in [5, 5.41) is 3.88. The molecule has 1 aromatic carbocycles. The number of likely N-dealkylation sites (N-methyl/N-ethyl adjacent to an activating group) is 1. The predicted molar refractivity (Wildman–Crippen MR) is 83.6 cm³/mol. The lowest BCUT2D eigenvalue weighted by Crippen LogP contribution is -2.23. The van der Waals surface area contributed by atoms with Crippen LogP contribution in [-0.2, 0) is 6.42 Å². The van der Waals surface area contributed by atoms with E-state index in [-0.39, 0.29) is 11.9 Å². The van der Waals surface area contributed by atoms with E-state index in [0.29, 0.717) is 5.02 Å². The first-order valence-corrected chi connectivity index (χ1v) is 8.01. The first kappa shape index (κ1) is 15.0. The number of halogens is 3. The zero-order valence-corrected chi connectivity index (χ0v) is 13.6. The second-order valence-electron chi connectivity index (χ2n) is 4.19. The van der Waals surface area contributed by atoms with Crippen LogP contribution >= 0.6 is 38.9 Å². The normalized spacial score (nSPS) is 12.6. The largest absolute Gasteiger partial charge is 0.310 e. The molecular formula is C14H14BrClFNS. The topological polar surface area (TPSA) is 12.0 Å². The Morgan fingerprint density at radius 1 is 1.37 bits per heavy atom. The van der Waals surface area contributed by atoms with Gasteiger partial charge in [0.15, 0.2) is 0 Å². The van der Waals surface area contributed by atoms with Gasteiger partial charge in [0.1, 0.15) is 5.82 Å². The standard InChI is InChI=1S/C14H14BrClFNS/c1-2-18-13(8-10-4-6-14(15)19-10)11-5-3-9(17)7-12(11)16/h3-7,13,18H,2,8H2,1H3. The summed E-state index contributed by atoms with van der Waals surface area (Å²) in [4.78, 5) is 1.26. The minimum Gasteiger partial charge on any atom is -0.310 e. The van der Waals surface area contributed by atoms with Crippen LogP contribution in [0.25, 0.3) is 0 Å². The average Bonchev–Trinajstić information content (AvgIpc) is 2.74. The molecule has 0 fully saturated rings. The Morgan fingerprint density at radius 2 is 2.16 bits per heavy atom. The molecule has 5 heteroatoms. The monoisotopic (exact) mass is 361 g/mol. The molecular weight excluding hydrogens is 349 g/mol. The molecule has 0 saturated heterocycles. The highest BCUT2D eigenvalue weighted by Crippen LogP contribution is 2.30. The van der Waals surface area contributed by atoms with Crippen LogP contribution < -0.4 is 5.32 Å². The first-order valence-electron chi connectivity index (χ1n) is 6.02. The molecule has 1 heterocycles. The summed E-state index contributed by atoms with van der Waals surface area (Å²) in [7, 11) is 0. The van der Waals surface area contributed by atoms with Gasteiger partial charge in [0.2, 0.25) is 0 Å². The van der Waals surface area contributed by atoms with Gasteiger partial charge in [0.05, 0.1) is 3.79 Å². The van der Waals surface area contributed by atoms with Crippen LogP contribution in [0.1, 0.15) is 23.4 Å². The Balaban J connectivity index is 2.23. The number of rotatable bonds is 5. The van der Waals surface area contributed by atoms with Crippen molar-refractivity contribution in [3.63, 3.8) is 0 Å². The number of thiophene rings is 1. The molecule has 0 saturated carbocycles. The van der Waals surface area contributed by atoms with Gasteiger partial charge in [-0.25, -0.2) is 4.39 Å². The number of nitrogens with one attached hydrogen (secondary N) is 1. The van der Waals surface area contributed by atoms with E-state index in [4.69, 9.17) is 11.6 Å². The Kier molecular flexibility index (Phi) is 5.39. The van der Waals surface area contributed by atoms with E-state index in [2.05, 4.69) is 34.2 Å². The highest BCUT2D eigenvalue weighted by atomic mass is 79.9. The van der Waals surface area contributed by atoms with Gasteiger partial charge in [0.25, 0.3) is 0 Å². The van der Waals surface area contributed by atoms with Crippen LogP contribution in [0.3, 0.4) is 0 Å². The smallest absolute Gasteiger partial charge is 0.124 e. The van der Waals surface area contributed by atoms with Crippen LogP contribution in [0.15, 0.2) is 34.1 Å². The van der Waals surface area contributed by atoms with E-state index in [9.17, 15) is 4.39 Å². The van der Waals surface area contributed by atoms with E-state index in [1.807, 2.05) is 6.07 Å². The Bertz CT molecular complexity index is 558. The Hall–Kier alpha value is -0.420. The maximum absolute atomic E-state index is 13.1. The summed E-state index contributed by atoms with van der Waals surface area (Å²) in [5.41, 5.74) is 0.939. The lowest BCUT2D eigenvalue weighted by molar-refractivity contribution is 0.551. The molecule has 1 nitrogen and oxygen atoms in total. The highest BCUT2D eigenvalue weighted by Gasteiger charge is 2.16. The maximum atomic E-state index is 13.1. The van der Waals surface area contributed by atoms with Gasteiger partial charge in [-0.15, -0.1) is 11.3 Å². The molecule has 1 aromatic heterocycles. The minimum absolute atomic E-state index is 0.101. The molecule has 2 rings (SSSR count). The summed E-state index contributed by atoms with van der Waals surface area (Å²) >= 11 is 11.3. The fourth-order valence-corrected chi connectivity index (χ4v) is 3.81. The third kappa shape index (κ3) is 4.02. The summed E-state index contributed by atoms with van der Waals surface area (Å²) in [6.07, 6.45) is 0.843. The number of hydrogen-bond acceptors (Lipinski definition) is 2. The summed E-state index contributed by atoms with van der Waals surface area (Å²) in [6.45, 7) is 2.89. The zero-order valence-electron chi connectivity index (χ0n) is 10.4. The van der Waals surface area contributed by atoms with E-state index in [1.165, 1.54) is 17.0 Å². The molecule has 1 atom stereocenters. The van der Waals surface area contributed by atoms with Crippen LogP contribution in [0.2, 0.25) is 5.02 Å². The second-order valence-corrected chi connectivity index (χ2v) is 7.14. The highest BCUT2D eigenvalue weighted by molar-refractivity contribution is 9.11. The fourth-order valence-electron chi connectivity index (χ4n) is 1.99. The molecule has 0 aliphatic rings. The van der Waals surface area contributed by atoms with Crippen LogP contribution in [0, 0.1) is 5.82 Å². The molecule has 0 spiro atoms. The maximum Gasteiger partial charge on any atom is 0.124 e. The lowest BCUT2D eigenvalue weighted by Gasteiger charge is -2.19. The summed E-state index contributed by atoms with van der Waals surface area (Å²) < 4.78 is 14.2. The van der Waals surface area contributed by atoms with Crippen LogP contribution in [0.4, 0.5) is 4.39 Å². The van der Waals surface area contributed by atoms with Gasteiger partial charge in [-0.2, -0.15) is 0 Å². The average molecular weight is 363 g/mol. The summed E-state index contributed by atoms with van der Waals surface area (Å²) in [6, 6.07) is 8.81. The van der Waals surface area contributed by atoms with Crippen molar-refractivity contribution in [2.45, 2.75) is 19.4 Å². The SMILES string of the molecule is CCNC(Cc1ccc(Br)s1)c1ccc(F)cc1Cl. The van der Waals surface area contributed by atoms with Gasteiger partial charge < -0.3 is 5.32 Å². The van der Waals surface area contributed by atoms with Crippen molar-refractivity contribution in [2.75, 3.05) is 6.54 Å². The number of benzene rings is 1. The molecule has 1 unspecified atom stereocenters. The predicted octanol–water partition coefficient (Wildman–Crippen LogP) is 5.20. The van der Waals surface area contributed by atoms with Crippen molar-refractivity contribution >= 4 is 38.9 Å². The third-order valence-corrected chi connectivity index (χ3v) is 4.80. The molecule has 19 heavy (non-hydrogen) atoms. The third-order valence-electron chi connectivity index (χ3n) is 2.82. The molecule has 0 radical (unpaired) electrons. The van der Waals surface area contributed by atoms with E-state index in [0.717, 1.165) is 22.3 Å². The van der Waals surface area contributed by atoms with E-state index in [1.54, 1.807) is 17.4 Å². The zero-order chi connectivity index (χ0) is 13.8. The van der Waals surface area contributed by atoms with Crippen LogP contribution in [0.5, 0.6) is 0 Å². The van der Waals surface area contributed by atoms with Gasteiger partial charge in [0, 0.05) is 22.4 Å².